The van der Waals surface area contributed by atoms with Crippen LogP contribution in [0, 0.1) is 6.92 Å². The zero-order valence-electron chi connectivity index (χ0n) is 15.5. The molecule has 0 aliphatic carbocycles. The van der Waals surface area contributed by atoms with Gasteiger partial charge in [0.15, 0.2) is 0 Å². The SMILES string of the molecule is Cc1nn2ccccc2c1-c1nc(-c2ccsc2)c(C(N)=O)s1.c1ccncc1. The Kier molecular flexibility index (Phi) is 5.46. The van der Waals surface area contributed by atoms with Crippen LogP contribution < -0.4 is 5.73 Å². The van der Waals surface area contributed by atoms with Crippen LogP contribution in [0.4, 0.5) is 0 Å². The van der Waals surface area contributed by atoms with Gasteiger partial charge < -0.3 is 5.73 Å². The highest BCUT2D eigenvalue weighted by Crippen LogP contribution is 2.37. The van der Waals surface area contributed by atoms with Gasteiger partial charge in [-0.2, -0.15) is 16.4 Å². The number of carbonyl (C=O) groups excluding carboxylic acids is 1. The van der Waals surface area contributed by atoms with Crippen molar-refractivity contribution in [1.29, 1.82) is 0 Å². The highest BCUT2D eigenvalue weighted by Gasteiger charge is 2.22. The van der Waals surface area contributed by atoms with E-state index in [1.54, 1.807) is 23.7 Å². The van der Waals surface area contributed by atoms with Gasteiger partial charge in [0, 0.05) is 29.5 Å². The minimum Gasteiger partial charge on any atom is -0.365 e. The standard InChI is InChI=1S/C16H12N4OS2.C5H5N/c1-9-12(11-4-2-3-6-20(11)19-9)16-18-13(10-5-7-22-8-10)14(23-16)15(17)21;1-2-4-6-5-3-1/h2-8H,1H3,(H2,17,21);1-5H. The summed E-state index contributed by atoms with van der Waals surface area (Å²) in [6.07, 6.45) is 5.40. The Morgan fingerprint density at radius 3 is 2.55 bits per heavy atom. The lowest BCUT2D eigenvalue weighted by Crippen LogP contribution is -2.09. The molecule has 0 fully saturated rings. The van der Waals surface area contributed by atoms with Gasteiger partial charge in [0.1, 0.15) is 9.88 Å². The fourth-order valence-electron chi connectivity index (χ4n) is 2.88. The second-order valence-electron chi connectivity index (χ2n) is 6.09. The predicted molar refractivity (Wildman–Crippen MR) is 117 cm³/mol. The zero-order valence-corrected chi connectivity index (χ0v) is 17.2. The number of primary amides is 1. The van der Waals surface area contributed by atoms with Crippen LogP contribution in [-0.2, 0) is 0 Å². The van der Waals surface area contributed by atoms with Gasteiger partial charge in [0.05, 0.1) is 22.5 Å². The Hall–Kier alpha value is -3.36. The van der Waals surface area contributed by atoms with Crippen LogP contribution in [0.5, 0.6) is 0 Å². The van der Waals surface area contributed by atoms with Crippen molar-refractivity contribution in [2.75, 3.05) is 0 Å². The number of amides is 1. The van der Waals surface area contributed by atoms with Crippen molar-refractivity contribution in [2.45, 2.75) is 6.92 Å². The first kappa shape index (κ1) is 19.0. The van der Waals surface area contributed by atoms with E-state index in [0.717, 1.165) is 27.3 Å². The van der Waals surface area contributed by atoms with E-state index in [2.05, 4.69) is 10.1 Å². The minimum atomic E-state index is -0.455. The van der Waals surface area contributed by atoms with E-state index in [0.29, 0.717) is 10.6 Å². The highest BCUT2D eigenvalue weighted by molar-refractivity contribution is 7.17. The van der Waals surface area contributed by atoms with Crippen LogP contribution in [0.25, 0.3) is 27.3 Å². The molecule has 5 heterocycles. The second-order valence-corrected chi connectivity index (χ2v) is 7.87. The molecule has 0 aliphatic rings. The summed E-state index contributed by atoms with van der Waals surface area (Å²) in [7, 11) is 0. The van der Waals surface area contributed by atoms with E-state index < -0.39 is 5.91 Å². The molecule has 144 valence electrons. The summed E-state index contributed by atoms with van der Waals surface area (Å²) in [5.74, 6) is -0.455. The summed E-state index contributed by atoms with van der Waals surface area (Å²) in [5.41, 5.74) is 9.90. The number of aryl methyl sites for hydroxylation is 1. The average Bonchev–Trinajstić information content (AvgIpc) is 3.47. The topological polar surface area (TPSA) is 86.2 Å². The number of hydrogen-bond acceptors (Lipinski definition) is 6. The molecule has 1 amide bonds. The van der Waals surface area contributed by atoms with Crippen LogP contribution in [0.3, 0.4) is 0 Å². The highest BCUT2D eigenvalue weighted by atomic mass is 32.1. The van der Waals surface area contributed by atoms with E-state index in [1.807, 2.05) is 70.9 Å². The molecular weight excluding hydrogens is 402 g/mol. The third kappa shape index (κ3) is 3.94. The Bertz CT molecular complexity index is 1220. The fraction of sp³-hybridized carbons (Fsp3) is 0.0476. The van der Waals surface area contributed by atoms with Crippen molar-refractivity contribution in [3.05, 3.63) is 82.4 Å². The number of thiazole rings is 1. The van der Waals surface area contributed by atoms with Crippen molar-refractivity contribution >= 4 is 34.1 Å². The number of rotatable bonds is 3. The molecule has 0 atom stereocenters. The van der Waals surface area contributed by atoms with Crippen LogP contribution >= 0.6 is 22.7 Å². The lowest BCUT2D eigenvalue weighted by Gasteiger charge is -1.95. The van der Waals surface area contributed by atoms with Gasteiger partial charge in [-0.3, -0.25) is 9.78 Å². The molecule has 29 heavy (non-hydrogen) atoms. The molecule has 2 N–H and O–H groups in total. The number of thiophene rings is 1. The predicted octanol–water partition coefficient (Wildman–Crippen LogP) is 4.68. The molecule has 5 aromatic rings. The molecule has 5 aromatic heterocycles. The maximum Gasteiger partial charge on any atom is 0.261 e. The molecular formula is C21H17N5OS2. The second kappa shape index (κ2) is 8.34. The maximum absolute atomic E-state index is 11.8. The molecule has 0 aromatic carbocycles. The largest absolute Gasteiger partial charge is 0.365 e. The lowest BCUT2D eigenvalue weighted by atomic mass is 10.2. The molecule has 0 saturated carbocycles. The molecule has 0 spiro atoms. The molecule has 8 heteroatoms. The lowest BCUT2D eigenvalue weighted by molar-refractivity contribution is 0.100. The molecule has 0 unspecified atom stereocenters. The van der Waals surface area contributed by atoms with Crippen molar-refractivity contribution in [3.63, 3.8) is 0 Å². The van der Waals surface area contributed by atoms with Gasteiger partial charge in [0.2, 0.25) is 0 Å². The van der Waals surface area contributed by atoms with Crippen molar-refractivity contribution in [3.8, 4) is 21.8 Å². The molecule has 0 aliphatic heterocycles. The molecule has 5 rings (SSSR count). The number of aromatic nitrogens is 4. The summed E-state index contributed by atoms with van der Waals surface area (Å²) in [5, 5.41) is 9.19. The van der Waals surface area contributed by atoms with E-state index >= 15 is 0 Å². The monoisotopic (exact) mass is 419 g/mol. The van der Waals surface area contributed by atoms with Crippen molar-refractivity contribution < 1.29 is 4.79 Å². The van der Waals surface area contributed by atoms with Gasteiger partial charge in [-0.15, -0.1) is 11.3 Å². The number of pyridine rings is 2. The average molecular weight is 420 g/mol. The van der Waals surface area contributed by atoms with Crippen molar-refractivity contribution in [1.82, 2.24) is 19.6 Å². The summed E-state index contributed by atoms with van der Waals surface area (Å²) in [6.45, 7) is 1.94. The summed E-state index contributed by atoms with van der Waals surface area (Å²) in [4.78, 5) is 20.8. The molecule has 0 radical (unpaired) electrons. The first-order valence-electron chi connectivity index (χ1n) is 8.77. The Morgan fingerprint density at radius 2 is 1.93 bits per heavy atom. The Balaban J connectivity index is 0.000000294. The Labute approximate surface area is 175 Å². The minimum absolute atomic E-state index is 0.455. The number of fused-ring (bicyclic) bond motifs is 1. The first-order valence-corrected chi connectivity index (χ1v) is 10.5. The van der Waals surface area contributed by atoms with Gasteiger partial charge in [-0.1, -0.05) is 12.1 Å². The summed E-state index contributed by atoms with van der Waals surface area (Å²) < 4.78 is 1.82. The van der Waals surface area contributed by atoms with E-state index in [9.17, 15) is 4.79 Å². The van der Waals surface area contributed by atoms with Crippen LogP contribution in [0.2, 0.25) is 0 Å². The van der Waals surface area contributed by atoms with Crippen LogP contribution in [0.15, 0.2) is 71.8 Å². The van der Waals surface area contributed by atoms with Crippen LogP contribution in [0.1, 0.15) is 15.4 Å². The third-order valence-corrected chi connectivity index (χ3v) is 5.91. The molecule has 0 saturated heterocycles. The third-order valence-electron chi connectivity index (χ3n) is 4.14. The van der Waals surface area contributed by atoms with E-state index in [4.69, 9.17) is 10.7 Å². The van der Waals surface area contributed by atoms with Crippen molar-refractivity contribution in [2.24, 2.45) is 5.73 Å². The smallest absolute Gasteiger partial charge is 0.261 e. The maximum atomic E-state index is 11.8. The summed E-state index contributed by atoms with van der Waals surface area (Å²) >= 11 is 2.88. The van der Waals surface area contributed by atoms with Gasteiger partial charge >= 0.3 is 0 Å². The molecule has 0 bridgehead atoms. The number of carbonyl (C=O) groups is 1. The first-order chi connectivity index (χ1) is 14.1. The molecule has 6 nitrogen and oxygen atoms in total. The van der Waals surface area contributed by atoms with E-state index in [1.165, 1.54) is 11.3 Å². The van der Waals surface area contributed by atoms with Gasteiger partial charge in [-0.05, 0) is 42.6 Å². The van der Waals surface area contributed by atoms with E-state index in [-0.39, 0.29) is 0 Å². The van der Waals surface area contributed by atoms with Gasteiger partial charge in [-0.25, -0.2) is 9.50 Å². The quantitative estimate of drug-likeness (QED) is 0.460. The fourth-order valence-corrected chi connectivity index (χ4v) is 4.57. The van der Waals surface area contributed by atoms with Gasteiger partial charge in [0.25, 0.3) is 5.91 Å². The van der Waals surface area contributed by atoms with Crippen LogP contribution in [-0.4, -0.2) is 25.5 Å². The number of nitrogens with two attached hydrogens (primary N) is 1. The number of hydrogen-bond donors (Lipinski definition) is 1. The summed E-state index contributed by atoms with van der Waals surface area (Å²) in [6, 6.07) is 13.5. The normalized spacial score (nSPS) is 10.5. The zero-order chi connectivity index (χ0) is 20.2. The number of nitrogens with zero attached hydrogens (tertiary/aromatic N) is 4. The Morgan fingerprint density at radius 1 is 1.10 bits per heavy atom.